The smallest absolute Gasteiger partial charge is 0.250 e. The summed E-state index contributed by atoms with van der Waals surface area (Å²) in [6, 6.07) is 1.49. The lowest BCUT2D eigenvalue weighted by atomic mass is 10.4. The van der Waals surface area contributed by atoms with E-state index in [1.165, 1.54) is 6.07 Å². The van der Waals surface area contributed by atoms with Gasteiger partial charge in [-0.05, 0) is 24.1 Å². The normalized spacial score (nSPS) is 12.2. The summed E-state index contributed by atoms with van der Waals surface area (Å²) in [6.07, 6.45) is 0. The Morgan fingerprint density at radius 2 is 2.21 bits per heavy atom. The molecule has 0 bridgehead atoms. The monoisotopic (exact) mass is 308 g/mol. The number of hydrogen-bond acceptors (Lipinski definition) is 6. The van der Waals surface area contributed by atoms with Crippen molar-refractivity contribution in [1.82, 2.24) is 9.62 Å². The highest BCUT2D eigenvalue weighted by Crippen LogP contribution is 2.19. The molecule has 0 aliphatic heterocycles. The molecule has 2 N–H and O–H groups in total. The predicted octanol–water partition coefficient (Wildman–Crippen LogP) is 0.0969. The second-order valence-corrected chi connectivity index (χ2v) is 7.03. The van der Waals surface area contributed by atoms with Gasteiger partial charge in [0.1, 0.15) is 4.21 Å². The lowest BCUT2D eigenvalue weighted by Gasteiger charge is -2.15. The molecule has 0 atom stereocenters. The third-order valence-corrected chi connectivity index (χ3v) is 5.49. The highest BCUT2D eigenvalue weighted by atomic mass is 32.2. The van der Waals surface area contributed by atoms with Crippen LogP contribution in [-0.2, 0) is 21.4 Å². The first-order valence-electron chi connectivity index (χ1n) is 5.85. The van der Waals surface area contributed by atoms with Gasteiger partial charge in [0.25, 0.3) is 0 Å². The number of ether oxygens (including phenoxy) is 1. The standard InChI is InChI=1S/C11H20N2O4S2/c1-13(5-6-17-2)4-3-12-19(15,16)11-7-10(8-14)9-18-11/h7,9,12,14H,3-6,8H2,1-2H3. The van der Waals surface area contributed by atoms with E-state index in [1.54, 1.807) is 12.5 Å². The molecule has 0 radical (unpaired) electrons. The number of aliphatic hydroxyl groups excluding tert-OH is 1. The zero-order valence-corrected chi connectivity index (χ0v) is 12.8. The summed E-state index contributed by atoms with van der Waals surface area (Å²) in [5, 5.41) is 10.6. The summed E-state index contributed by atoms with van der Waals surface area (Å²) in [6.45, 7) is 2.18. The molecule has 110 valence electrons. The van der Waals surface area contributed by atoms with Gasteiger partial charge in [-0.25, -0.2) is 13.1 Å². The molecule has 0 unspecified atom stereocenters. The number of thiophene rings is 1. The van der Waals surface area contributed by atoms with Crippen LogP contribution in [0.25, 0.3) is 0 Å². The number of nitrogens with zero attached hydrogens (tertiary/aromatic N) is 1. The van der Waals surface area contributed by atoms with E-state index in [-0.39, 0.29) is 10.8 Å². The summed E-state index contributed by atoms with van der Waals surface area (Å²) >= 11 is 1.11. The van der Waals surface area contributed by atoms with Crippen molar-refractivity contribution in [2.75, 3.05) is 40.4 Å². The largest absolute Gasteiger partial charge is 0.392 e. The Balaban J connectivity index is 2.43. The lowest BCUT2D eigenvalue weighted by Crippen LogP contribution is -2.34. The molecule has 0 aliphatic rings. The van der Waals surface area contributed by atoms with Crippen LogP contribution in [0.4, 0.5) is 0 Å². The van der Waals surface area contributed by atoms with Crippen molar-refractivity contribution in [3.63, 3.8) is 0 Å². The highest BCUT2D eigenvalue weighted by molar-refractivity contribution is 7.91. The van der Waals surface area contributed by atoms with E-state index in [4.69, 9.17) is 9.84 Å². The van der Waals surface area contributed by atoms with Crippen LogP contribution in [0.15, 0.2) is 15.7 Å². The number of sulfonamides is 1. The first kappa shape index (κ1) is 16.5. The van der Waals surface area contributed by atoms with Crippen molar-refractivity contribution < 1.29 is 18.3 Å². The molecule has 0 amide bonds. The average molecular weight is 308 g/mol. The molecule has 6 nitrogen and oxygen atoms in total. The van der Waals surface area contributed by atoms with Crippen molar-refractivity contribution in [2.45, 2.75) is 10.8 Å². The van der Waals surface area contributed by atoms with E-state index >= 15 is 0 Å². The topological polar surface area (TPSA) is 78.9 Å². The molecule has 0 fully saturated rings. The van der Waals surface area contributed by atoms with Crippen LogP contribution in [-0.4, -0.2) is 58.8 Å². The Hall–Kier alpha value is -0.510. The number of hydrogen-bond donors (Lipinski definition) is 2. The van der Waals surface area contributed by atoms with Gasteiger partial charge < -0.3 is 14.7 Å². The third kappa shape index (κ3) is 5.55. The van der Waals surface area contributed by atoms with E-state index < -0.39 is 10.0 Å². The number of rotatable bonds is 9. The quantitative estimate of drug-likeness (QED) is 0.676. The fraction of sp³-hybridized carbons (Fsp3) is 0.636. The van der Waals surface area contributed by atoms with E-state index in [0.29, 0.717) is 25.3 Å². The van der Waals surface area contributed by atoms with Crippen LogP contribution in [0.5, 0.6) is 0 Å². The van der Waals surface area contributed by atoms with Crippen LogP contribution < -0.4 is 4.72 Å². The van der Waals surface area contributed by atoms with E-state index in [9.17, 15) is 8.42 Å². The first-order valence-corrected chi connectivity index (χ1v) is 8.21. The van der Waals surface area contributed by atoms with Crippen LogP contribution in [0.3, 0.4) is 0 Å². The van der Waals surface area contributed by atoms with Gasteiger partial charge in [-0.2, -0.15) is 0 Å². The minimum Gasteiger partial charge on any atom is -0.392 e. The summed E-state index contributed by atoms with van der Waals surface area (Å²) in [5.41, 5.74) is 0.614. The zero-order valence-electron chi connectivity index (χ0n) is 11.1. The molecule has 8 heteroatoms. The summed E-state index contributed by atoms with van der Waals surface area (Å²) < 4.78 is 31.6. The Bertz CT molecular complexity index is 473. The van der Waals surface area contributed by atoms with Gasteiger partial charge >= 0.3 is 0 Å². The van der Waals surface area contributed by atoms with Gasteiger partial charge in [-0.15, -0.1) is 11.3 Å². The Morgan fingerprint density at radius 3 is 2.79 bits per heavy atom. The van der Waals surface area contributed by atoms with E-state index in [2.05, 4.69) is 4.72 Å². The second kappa shape index (κ2) is 7.93. The minimum atomic E-state index is -3.47. The van der Waals surface area contributed by atoms with Gasteiger partial charge in [-0.1, -0.05) is 0 Å². The Kier molecular flexibility index (Phi) is 6.90. The fourth-order valence-corrected chi connectivity index (χ4v) is 3.64. The molecule has 19 heavy (non-hydrogen) atoms. The third-order valence-electron chi connectivity index (χ3n) is 2.54. The van der Waals surface area contributed by atoms with Crippen molar-refractivity contribution in [3.05, 3.63) is 17.0 Å². The van der Waals surface area contributed by atoms with Crippen molar-refractivity contribution in [3.8, 4) is 0 Å². The van der Waals surface area contributed by atoms with Crippen LogP contribution in [0.1, 0.15) is 5.56 Å². The first-order chi connectivity index (χ1) is 8.99. The maximum absolute atomic E-state index is 11.9. The van der Waals surface area contributed by atoms with Gasteiger partial charge in [0.15, 0.2) is 0 Å². The van der Waals surface area contributed by atoms with Crippen LogP contribution >= 0.6 is 11.3 Å². The zero-order chi connectivity index (χ0) is 14.3. The lowest BCUT2D eigenvalue weighted by molar-refractivity contribution is 0.162. The Morgan fingerprint density at radius 1 is 1.47 bits per heavy atom. The maximum atomic E-state index is 11.9. The highest BCUT2D eigenvalue weighted by Gasteiger charge is 2.16. The summed E-state index contributed by atoms with van der Waals surface area (Å²) in [5.74, 6) is 0. The molecule has 1 aromatic rings. The van der Waals surface area contributed by atoms with Crippen molar-refractivity contribution in [2.24, 2.45) is 0 Å². The molecule has 1 heterocycles. The SMILES string of the molecule is COCCN(C)CCNS(=O)(=O)c1cc(CO)cs1. The van der Waals surface area contributed by atoms with Gasteiger partial charge in [0.2, 0.25) is 10.0 Å². The molecule has 0 aliphatic carbocycles. The van der Waals surface area contributed by atoms with Crippen LogP contribution in [0, 0.1) is 0 Å². The van der Waals surface area contributed by atoms with E-state index in [1.807, 2.05) is 11.9 Å². The molecule has 0 saturated carbocycles. The number of aliphatic hydroxyl groups is 1. The van der Waals surface area contributed by atoms with Crippen molar-refractivity contribution in [1.29, 1.82) is 0 Å². The minimum absolute atomic E-state index is 0.147. The van der Waals surface area contributed by atoms with Gasteiger partial charge in [-0.3, -0.25) is 0 Å². The summed E-state index contributed by atoms with van der Waals surface area (Å²) in [7, 11) is 0.0699. The molecule has 1 aromatic heterocycles. The maximum Gasteiger partial charge on any atom is 0.250 e. The fourth-order valence-electron chi connectivity index (χ4n) is 1.38. The van der Waals surface area contributed by atoms with E-state index in [0.717, 1.165) is 17.9 Å². The van der Waals surface area contributed by atoms with Gasteiger partial charge in [0, 0.05) is 26.7 Å². The average Bonchev–Trinajstić information content (AvgIpc) is 2.85. The van der Waals surface area contributed by atoms with Crippen molar-refractivity contribution >= 4 is 21.4 Å². The number of likely N-dealkylation sites (N-methyl/N-ethyl adjacent to an activating group) is 1. The second-order valence-electron chi connectivity index (χ2n) is 4.13. The molecule has 0 aromatic carbocycles. The predicted molar refractivity (Wildman–Crippen MR) is 74.8 cm³/mol. The molecule has 1 rings (SSSR count). The molecular weight excluding hydrogens is 288 g/mol. The number of methoxy groups -OCH3 is 1. The van der Waals surface area contributed by atoms with Gasteiger partial charge in [0.05, 0.1) is 13.2 Å². The molecular formula is C11H20N2O4S2. The summed E-state index contributed by atoms with van der Waals surface area (Å²) in [4.78, 5) is 1.99. The van der Waals surface area contributed by atoms with Crippen LogP contribution in [0.2, 0.25) is 0 Å². The molecule has 0 spiro atoms. The molecule has 0 saturated heterocycles. The Labute approximate surface area is 118 Å². The number of nitrogens with one attached hydrogen (secondary N) is 1.